The molecule has 0 aliphatic heterocycles. The van der Waals surface area contributed by atoms with Crippen LogP contribution in [-0.4, -0.2) is 10.1 Å². The van der Waals surface area contributed by atoms with Crippen molar-refractivity contribution in [1.29, 1.82) is 0 Å². The minimum Gasteiger partial charge on any atom is -0.338 e. The highest BCUT2D eigenvalue weighted by atomic mass is 35.5. The number of aromatic nitrogens is 2. The first-order valence-electron chi connectivity index (χ1n) is 6.82. The van der Waals surface area contributed by atoms with Crippen LogP contribution in [0.2, 0.25) is 5.02 Å². The lowest BCUT2D eigenvalue weighted by Crippen LogP contribution is -2.22. The summed E-state index contributed by atoms with van der Waals surface area (Å²) in [5.41, 5.74) is 1.17. The molecule has 1 aromatic heterocycles. The summed E-state index contributed by atoms with van der Waals surface area (Å²) in [6.45, 7) is 8.20. The monoisotopic (exact) mass is 293 g/mol. The number of rotatable bonds is 5. The average Bonchev–Trinajstić information content (AvgIpc) is 2.89. The molecule has 2 rings (SSSR count). The number of nitrogens with zero attached hydrogens (tertiary/aromatic N) is 2. The molecule has 0 radical (unpaired) electrons. The van der Waals surface area contributed by atoms with Crippen LogP contribution >= 0.6 is 11.6 Å². The Bertz CT molecular complexity index is 551. The van der Waals surface area contributed by atoms with Gasteiger partial charge in [0.05, 0.1) is 6.04 Å². The lowest BCUT2D eigenvalue weighted by Gasteiger charge is -2.17. The van der Waals surface area contributed by atoms with Crippen molar-refractivity contribution in [2.75, 3.05) is 0 Å². The second-order valence-corrected chi connectivity index (χ2v) is 5.74. The zero-order valence-electron chi connectivity index (χ0n) is 12.2. The molecular weight excluding hydrogens is 274 g/mol. The number of halogens is 1. The fourth-order valence-corrected chi connectivity index (χ4v) is 2.08. The van der Waals surface area contributed by atoms with Crippen molar-refractivity contribution in [3.05, 3.63) is 46.6 Å². The van der Waals surface area contributed by atoms with E-state index >= 15 is 0 Å². The quantitative estimate of drug-likeness (QED) is 0.895. The predicted molar refractivity (Wildman–Crippen MR) is 79.8 cm³/mol. The molecule has 5 heteroatoms. The van der Waals surface area contributed by atoms with Crippen molar-refractivity contribution in [3.63, 3.8) is 0 Å². The van der Waals surface area contributed by atoms with Crippen molar-refractivity contribution < 1.29 is 4.52 Å². The van der Waals surface area contributed by atoms with E-state index in [1.54, 1.807) is 0 Å². The Hall–Kier alpha value is -1.39. The molecular formula is C15H20ClN3O. The van der Waals surface area contributed by atoms with E-state index in [2.05, 4.69) is 22.4 Å². The molecule has 0 bridgehead atoms. The van der Waals surface area contributed by atoms with Gasteiger partial charge in [0.2, 0.25) is 5.89 Å². The first-order chi connectivity index (χ1) is 9.47. The molecule has 20 heavy (non-hydrogen) atoms. The zero-order chi connectivity index (χ0) is 14.7. The van der Waals surface area contributed by atoms with Crippen molar-refractivity contribution >= 4 is 11.6 Å². The van der Waals surface area contributed by atoms with Crippen LogP contribution in [0.15, 0.2) is 28.8 Å². The van der Waals surface area contributed by atoms with E-state index < -0.39 is 0 Å². The van der Waals surface area contributed by atoms with E-state index in [0.29, 0.717) is 5.89 Å². The molecule has 0 saturated carbocycles. The maximum absolute atomic E-state index is 5.90. The number of nitrogens with one attached hydrogen (secondary N) is 1. The number of benzene rings is 1. The Balaban J connectivity index is 2.02. The molecule has 0 saturated heterocycles. The molecule has 108 valence electrons. The van der Waals surface area contributed by atoms with Crippen LogP contribution in [0, 0.1) is 0 Å². The van der Waals surface area contributed by atoms with Gasteiger partial charge in [0.25, 0.3) is 0 Å². The summed E-state index contributed by atoms with van der Waals surface area (Å²) >= 11 is 5.90. The maximum atomic E-state index is 5.90. The Morgan fingerprint density at radius 2 is 1.70 bits per heavy atom. The third-order valence-electron chi connectivity index (χ3n) is 3.21. The summed E-state index contributed by atoms with van der Waals surface area (Å²) in [5.74, 6) is 1.63. The highest BCUT2D eigenvalue weighted by molar-refractivity contribution is 6.30. The fourth-order valence-electron chi connectivity index (χ4n) is 1.95. The molecule has 1 aromatic carbocycles. The minimum absolute atomic E-state index is 0.000628. The predicted octanol–water partition coefficient (Wildman–Crippen LogP) is 4.26. The van der Waals surface area contributed by atoms with Gasteiger partial charge in [0.1, 0.15) is 0 Å². The highest BCUT2D eigenvalue weighted by Gasteiger charge is 2.18. The lowest BCUT2D eigenvalue weighted by atomic mass is 10.1. The Morgan fingerprint density at radius 1 is 1.05 bits per heavy atom. The van der Waals surface area contributed by atoms with E-state index in [1.807, 2.05) is 45.0 Å². The summed E-state index contributed by atoms with van der Waals surface area (Å²) in [4.78, 5) is 4.41. The summed E-state index contributed by atoms with van der Waals surface area (Å²) in [6, 6.07) is 7.99. The van der Waals surface area contributed by atoms with Gasteiger partial charge in [0.15, 0.2) is 5.82 Å². The van der Waals surface area contributed by atoms with E-state index in [-0.39, 0.29) is 18.0 Å². The second kappa shape index (κ2) is 6.37. The van der Waals surface area contributed by atoms with Crippen molar-refractivity contribution in [3.8, 4) is 0 Å². The summed E-state index contributed by atoms with van der Waals surface area (Å²) in [5, 5.41) is 8.17. The van der Waals surface area contributed by atoms with Crippen LogP contribution in [0.5, 0.6) is 0 Å². The summed E-state index contributed by atoms with van der Waals surface area (Å²) in [6.07, 6.45) is 0. The van der Waals surface area contributed by atoms with Gasteiger partial charge in [-0.05, 0) is 31.5 Å². The third-order valence-corrected chi connectivity index (χ3v) is 3.47. The topological polar surface area (TPSA) is 51.0 Å². The van der Waals surface area contributed by atoms with E-state index in [1.165, 1.54) is 5.56 Å². The third kappa shape index (κ3) is 3.58. The zero-order valence-corrected chi connectivity index (χ0v) is 13.0. The smallest absolute Gasteiger partial charge is 0.243 e. The minimum atomic E-state index is 0.000628. The summed E-state index contributed by atoms with van der Waals surface area (Å²) in [7, 11) is 0. The molecule has 0 aliphatic rings. The van der Waals surface area contributed by atoms with Gasteiger partial charge in [-0.1, -0.05) is 42.7 Å². The van der Waals surface area contributed by atoms with Crippen LogP contribution in [0.3, 0.4) is 0 Å². The normalized spacial score (nSPS) is 14.5. The van der Waals surface area contributed by atoms with Crippen molar-refractivity contribution in [2.45, 2.75) is 45.7 Å². The molecule has 2 aromatic rings. The maximum Gasteiger partial charge on any atom is 0.243 e. The van der Waals surface area contributed by atoms with Crippen LogP contribution in [0.4, 0.5) is 0 Å². The van der Waals surface area contributed by atoms with Gasteiger partial charge < -0.3 is 4.52 Å². The molecule has 2 atom stereocenters. The van der Waals surface area contributed by atoms with Crippen LogP contribution < -0.4 is 5.32 Å². The molecule has 0 spiro atoms. The SMILES string of the molecule is CC(C)c1noc([C@@H](C)N[C@H](C)c2ccc(Cl)cc2)n1. The lowest BCUT2D eigenvalue weighted by molar-refractivity contribution is 0.324. The molecule has 0 fully saturated rings. The van der Waals surface area contributed by atoms with E-state index in [4.69, 9.17) is 16.1 Å². The molecule has 0 aliphatic carbocycles. The summed E-state index contributed by atoms with van der Waals surface area (Å²) < 4.78 is 5.30. The first-order valence-corrected chi connectivity index (χ1v) is 7.20. The van der Waals surface area contributed by atoms with Gasteiger partial charge in [-0.15, -0.1) is 0 Å². The van der Waals surface area contributed by atoms with Crippen LogP contribution in [-0.2, 0) is 0 Å². The van der Waals surface area contributed by atoms with E-state index in [0.717, 1.165) is 10.8 Å². The molecule has 1 N–H and O–H groups in total. The average molecular weight is 294 g/mol. The van der Waals surface area contributed by atoms with E-state index in [9.17, 15) is 0 Å². The van der Waals surface area contributed by atoms with Crippen LogP contribution in [0.1, 0.15) is 63.0 Å². The van der Waals surface area contributed by atoms with Crippen molar-refractivity contribution in [1.82, 2.24) is 15.5 Å². The van der Waals surface area contributed by atoms with Gasteiger partial charge in [-0.2, -0.15) is 4.98 Å². The molecule has 4 nitrogen and oxygen atoms in total. The number of hydrogen-bond donors (Lipinski definition) is 1. The van der Waals surface area contributed by atoms with Gasteiger partial charge in [-0.3, -0.25) is 5.32 Å². The van der Waals surface area contributed by atoms with Crippen LogP contribution in [0.25, 0.3) is 0 Å². The second-order valence-electron chi connectivity index (χ2n) is 5.31. The number of hydrogen-bond acceptors (Lipinski definition) is 4. The molecule has 0 amide bonds. The Morgan fingerprint density at radius 3 is 2.25 bits per heavy atom. The molecule has 0 unspecified atom stereocenters. The van der Waals surface area contributed by atoms with Gasteiger partial charge >= 0.3 is 0 Å². The largest absolute Gasteiger partial charge is 0.338 e. The fraction of sp³-hybridized carbons (Fsp3) is 0.467. The Kier molecular flexibility index (Phi) is 4.78. The highest BCUT2D eigenvalue weighted by Crippen LogP contribution is 2.21. The van der Waals surface area contributed by atoms with Gasteiger partial charge in [-0.25, -0.2) is 0 Å². The first kappa shape index (κ1) is 15.0. The van der Waals surface area contributed by atoms with Gasteiger partial charge in [0, 0.05) is 17.0 Å². The standard InChI is InChI=1S/C15H20ClN3O/c1-9(2)14-18-15(20-19-14)11(4)17-10(3)12-5-7-13(16)8-6-12/h5-11,17H,1-4H3/t10-,11-/m1/s1. The molecule has 1 heterocycles. The van der Waals surface area contributed by atoms with Crippen molar-refractivity contribution in [2.24, 2.45) is 0 Å². The Labute approximate surface area is 124 Å².